The summed E-state index contributed by atoms with van der Waals surface area (Å²) in [6.45, 7) is 2.05. The Labute approximate surface area is 169 Å². The lowest BCUT2D eigenvalue weighted by molar-refractivity contribution is 0.155. The van der Waals surface area contributed by atoms with Gasteiger partial charge in [0.05, 0.1) is 0 Å². The van der Waals surface area contributed by atoms with Crippen LogP contribution in [0.5, 0.6) is 0 Å². The van der Waals surface area contributed by atoms with E-state index in [1.807, 2.05) is 0 Å². The van der Waals surface area contributed by atoms with Gasteiger partial charge in [0, 0.05) is 18.6 Å². The standard InChI is InChI=1S/C25H38F2O/c1-2-3-4-5-18-6-8-19(9-7-18)20-10-12-21(13-11-20)22-16-24(26)23(14-15-28)25(27)17-22/h16-21,28H,2-15H2,1H3. The van der Waals surface area contributed by atoms with Crippen molar-refractivity contribution in [1.82, 2.24) is 0 Å². The van der Waals surface area contributed by atoms with Crippen molar-refractivity contribution in [3.63, 3.8) is 0 Å². The molecule has 2 aliphatic rings. The summed E-state index contributed by atoms with van der Waals surface area (Å²) in [6, 6.07) is 3.03. The molecule has 158 valence electrons. The zero-order chi connectivity index (χ0) is 19.9. The lowest BCUT2D eigenvalue weighted by Gasteiger charge is -2.38. The summed E-state index contributed by atoms with van der Waals surface area (Å²) in [5.74, 6) is 1.96. The minimum atomic E-state index is -0.493. The van der Waals surface area contributed by atoms with Gasteiger partial charge in [0.1, 0.15) is 11.6 Å². The Hall–Kier alpha value is -0.960. The lowest BCUT2D eigenvalue weighted by Crippen LogP contribution is -2.25. The summed E-state index contributed by atoms with van der Waals surface area (Å²) < 4.78 is 28.4. The van der Waals surface area contributed by atoms with Gasteiger partial charge in [-0.1, -0.05) is 45.4 Å². The number of rotatable bonds is 8. The molecule has 2 saturated carbocycles. The van der Waals surface area contributed by atoms with Gasteiger partial charge in [0.2, 0.25) is 0 Å². The molecule has 3 heteroatoms. The number of hydrogen-bond acceptors (Lipinski definition) is 1. The molecule has 0 bridgehead atoms. The summed E-state index contributed by atoms with van der Waals surface area (Å²) in [7, 11) is 0. The van der Waals surface area contributed by atoms with Crippen LogP contribution in [-0.4, -0.2) is 11.7 Å². The van der Waals surface area contributed by atoms with Crippen LogP contribution in [0, 0.1) is 29.4 Å². The van der Waals surface area contributed by atoms with E-state index in [9.17, 15) is 8.78 Å². The molecule has 0 atom stereocenters. The third kappa shape index (κ3) is 5.55. The molecule has 0 aliphatic heterocycles. The monoisotopic (exact) mass is 392 g/mol. The Morgan fingerprint density at radius 1 is 0.857 bits per heavy atom. The van der Waals surface area contributed by atoms with E-state index in [-0.39, 0.29) is 24.5 Å². The van der Waals surface area contributed by atoms with Gasteiger partial charge in [-0.3, -0.25) is 0 Å². The number of hydrogen-bond donors (Lipinski definition) is 1. The first-order chi connectivity index (χ1) is 13.6. The third-order valence-corrected chi connectivity index (χ3v) is 7.54. The van der Waals surface area contributed by atoms with Crippen LogP contribution in [0.3, 0.4) is 0 Å². The highest BCUT2D eigenvalue weighted by Gasteiger charge is 2.31. The molecule has 1 aromatic carbocycles. The summed E-state index contributed by atoms with van der Waals surface area (Å²) in [4.78, 5) is 0. The van der Waals surface area contributed by atoms with Crippen LogP contribution in [0.2, 0.25) is 0 Å². The average molecular weight is 393 g/mol. The van der Waals surface area contributed by atoms with E-state index in [0.717, 1.165) is 36.2 Å². The second kappa shape index (κ2) is 10.7. The van der Waals surface area contributed by atoms with Gasteiger partial charge in [0.15, 0.2) is 0 Å². The second-order valence-corrected chi connectivity index (χ2v) is 9.33. The molecule has 0 heterocycles. The van der Waals surface area contributed by atoms with Crippen molar-refractivity contribution < 1.29 is 13.9 Å². The predicted molar refractivity (Wildman–Crippen MR) is 111 cm³/mol. The van der Waals surface area contributed by atoms with Gasteiger partial charge in [-0.2, -0.15) is 0 Å². The van der Waals surface area contributed by atoms with Gasteiger partial charge in [0.25, 0.3) is 0 Å². The number of aliphatic hydroxyl groups is 1. The predicted octanol–water partition coefficient (Wildman–Crippen LogP) is 7.16. The minimum absolute atomic E-state index is 0.0237. The smallest absolute Gasteiger partial charge is 0.129 e. The number of benzene rings is 1. The largest absolute Gasteiger partial charge is 0.396 e. The molecule has 0 unspecified atom stereocenters. The van der Waals surface area contributed by atoms with Crippen molar-refractivity contribution in [3.05, 3.63) is 34.9 Å². The zero-order valence-electron chi connectivity index (χ0n) is 17.6. The van der Waals surface area contributed by atoms with Gasteiger partial charge in [-0.05, 0) is 79.9 Å². The van der Waals surface area contributed by atoms with Crippen molar-refractivity contribution in [1.29, 1.82) is 0 Å². The SMILES string of the molecule is CCCCCC1CCC(C2CCC(c3cc(F)c(CCO)c(F)c3)CC2)CC1. The van der Waals surface area contributed by atoms with Crippen molar-refractivity contribution >= 4 is 0 Å². The molecular weight excluding hydrogens is 354 g/mol. The molecule has 0 saturated heterocycles. The van der Waals surface area contributed by atoms with Gasteiger partial charge < -0.3 is 5.11 Å². The van der Waals surface area contributed by atoms with Crippen LogP contribution < -0.4 is 0 Å². The minimum Gasteiger partial charge on any atom is -0.396 e. The Morgan fingerprint density at radius 3 is 1.96 bits per heavy atom. The van der Waals surface area contributed by atoms with E-state index in [1.54, 1.807) is 0 Å². The maximum atomic E-state index is 14.2. The zero-order valence-corrected chi connectivity index (χ0v) is 17.6. The van der Waals surface area contributed by atoms with E-state index in [1.165, 1.54) is 76.3 Å². The molecule has 3 rings (SSSR count). The van der Waals surface area contributed by atoms with Crippen molar-refractivity contribution in [2.24, 2.45) is 17.8 Å². The quantitative estimate of drug-likeness (QED) is 0.465. The Kier molecular flexibility index (Phi) is 8.32. The molecule has 1 N–H and O–H groups in total. The Bertz CT molecular complexity index is 576. The molecule has 0 amide bonds. The Morgan fingerprint density at radius 2 is 1.43 bits per heavy atom. The highest BCUT2D eigenvalue weighted by atomic mass is 19.1. The van der Waals surface area contributed by atoms with E-state index in [4.69, 9.17) is 5.11 Å². The van der Waals surface area contributed by atoms with Crippen LogP contribution in [0.25, 0.3) is 0 Å². The number of aliphatic hydroxyl groups excluding tert-OH is 1. The highest BCUT2D eigenvalue weighted by Crippen LogP contribution is 2.44. The van der Waals surface area contributed by atoms with Crippen LogP contribution in [0.1, 0.15) is 101 Å². The fraction of sp³-hybridized carbons (Fsp3) is 0.760. The molecule has 2 aliphatic carbocycles. The molecule has 1 aromatic rings. The summed E-state index contributed by atoms with van der Waals surface area (Å²) in [5, 5.41) is 8.98. The summed E-state index contributed by atoms with van der Waals surface area (Å²) >= 11 is 0. The molecule has 0 radical (unpaired) electrons. The van der Waals surface area contributed by atoms with Crippen LogP contribution in [0.15, 0.2) is 12.1 Å². The summed E-state index contributed by atoms with van der Waals surface area (Å²) in [6.07, 6.45) is 15.7. The molecule has 0 spiro atoms. The van der Waals surface area contributed by atoms with Crippen LogP contribution >= 0.6 is 0 Å². The molecule has 0 aromatic heterocycles. The van der Waals surface area contributed by atoms with Gasteiger partial charge in [-0.25, -0.2) is 8.78 Å². The molecule has 2 fully saturated rings. The molecular formula is C25H38F2O. The van der Waals surface area contributed by atoms with E-state index >= 15 is 0 Å². The summed E-state index contributed by atoms with van der Waals surface area (Å²) in [5.41, 5.74) is 0.838. The molecule has 28 heavy (non-hydrogen) atoms. The number of halogens is 2. The topological polar surface area (TPSA) is 20.2 Å². The first-order valence-electron chi connectivity index (χ1n) is 11.7. The fourth-order valence-electron chi connectivity index (χ4n) is 5.76. The second-order valence-electron chi connectivity index (χ2n) is 9.33. The van der Waals surface area contributed by atoms with E-state index in [0.29, 0.717) is 0 Å². The first-order valence-corrected chi connectivity index (χ1v) is 11.7. The molecule has 1 nitrogen and oxygen atoms in total. The first kappa shape index (κ1) is 21.7. The van der Waals surface area contributed by atoms with E-state index < -0.39 is 11.6 Å². The van der Waals surface area contributed by atoms with Gasteiger partial charge >= 0.3 is 0 Å². The number of unbranched alkanes of at least 4 members (excludes halogenated alkanes) is 2. The van der Waals surface area contributed by atoms with Crippen molar-refractivity contribution in [3.8, 4) is 0 Å². The van der Waals surface area contributed by atoms with Crippen molar-refractivity contribution in [2.45, 2.75) is 96.3 Å². The van der Waals surface area contributed by atoms with Gasteiger partial charge in [-0.15, -0.1) is 0 Å². The van der Waals surface area contributed by atoms with Crippen LogP contribution in [-0.2, 0) is 6.42 Å². The highest BCUT2D eigenvalue weighted by molar-refractivity contribution is 5.29. The maximum Gasteiger partial charge on any atom is 0.129 e. The average Bonchev–Trinajstić information content (AvgIpc) is 2.71. The normalized spacial score (nSPS) is 28.4. The maximum absolute atomic E-state index is 14.2. The van der Waals surface area contributed by atoms with Crippen molar-refractivity contribution in [2.75, 3.05) is 6.61 Å². The van der Waals surface area contributed by atoms with E-state index in [2.05, 4.69) is 6.92 Å². The van der Waals surface area contributed by atoms with Crippen LogP contribution in [0.4, 0.5) is 8.78 Å². The lowest BCUT2D eigenvalue weighted by atomic mass is 9.68. The fourth-order valence-corrected chi connectivity index (χ4v) is 5.76. The Balaban J connectivity index is 1.47. The third-order valence-electron chi connectivity index (χ3n) is 7.54.